The van der Waals surface area contributed by atoms with Gasteiger partial charge in [0.05, 0.1) is 6.61 Å². The van der Waals surface area contributed by atoms with E-state index in [1.54, 1.807) is 13.0 Å². The number of carboxylic acids is 1. The number of ether oxygens (including phenoxy) is 1. The zero-order valence-corrected chi connectivity index (χ0v) is 11.4. The lowest BCUT2D eigenvalue weighted by atomic mass is 10.2. The molecule has 0 aromatic heterocycles. The maximum Gasteiger partial charge on any atom is 0.330 e. The average molecular weight is 274 g/mol. The minimum absolute atomic E-state index is 0.359. The minimum atomic E-state index is -0.933. The van der Waals surface area contributed by atoms with Crippen LogP contribution in [0.1, 0.15) is 12.5 Å². The molecule has 0 spiro atoms. The number of hydrogen-bond acceptors (Lipinski definition) is 3. The number of aliphatic carboxylic acids is 1. The van der Waals surface area contributed by atoms with Gasteiger partial charge in [0, 0.05) is 12.2 Å². The molecule has 0 fully saturated rings. The zero-order valence-electron chi connectivity index (χ0n) is 11.4. The Kier molecular flexibility index (Phi) is 9.97. The monoisotopic (exact) mass is 274 g/mol. The lowest BCUT2D eigenvalue weighted by molar-refractivity contribution is -0.137. The van der Waals surface area contributed by atoms with Crippen LogP contribution in [0.15, 0.2) is 61.2 Å². The molecule has 0 atom stereocenters. The highest BCUT2D eigenvalue weighted by molar-refractivity contribution is 5.81. The van der Waals surface area contributed by atoms with E-state index in [9.17, 15) is 9.59 Å². The Morgan fingerprint density at radius 2 is 1.90 bits per heavy atom. The van der Waals surface area contributed by atoms with Crippen LogP contribution in [-0.2, 0) is 14.3 Å². The quantitative estimate of drug-likeness (QED) is 0.509. The Morgan fingerprint density at radius 3 is 2.35 bits per heavy atom. The van der Waals surface area contributed by atoms with E-state index in [2.05, 4.69) is 11.3 Å². The topological polar surface area (TPSA) is 63.6 Å². The van der Waals surface area contributed by atoms with Gasteiger partial charge >= 0.3 is 11.9 Å². The van der Waals surface area contributed by atoms with Crippen LogP contribution < -0.4 is 0 Å². The number of carbonyl (C=O) groups excluding carboxylic acids is 1. The summed E-state index contributed by atoms with van der Waals surface area (Å²) in [4.78, 5) is 20.2. The molecule has 0 aliphatic rings. The molecule has 0 aliphatic carbocycles. The van der Waals surface area contributed by atoms with E-state index < -0.39 is 5.97 Å². The lowest BCUT2D eigenvalue weighted by Crippen LogP contribution is -1.97. The van der Waals surface area contributed by atoms with Crippen molar-refractivity contribution in [2.45, 2.75) is 6.92 Å². The van der Waals surface area contributed by atoms with Crippen LogP contribution in [0.3, 0.4) is 0 Å². The van der Waals surface area contributed by atoms with Gasteiger partial charge in [0.2, 0.25) is 0 Å². The second kappa shape index (κ2) is 11.5. The van der Waals surface area contributed by atoms with Crippen molar-refractivity contribution in [3.63, 3.8) is 0 Å². The summed E-state index contributed by atoms with van der Waals surface area (Å²) in [5.74, 6) is -1.29. The van der Waals surface area contributed by atoms with Gasteiger partial charge < -0.3 is 9.84 Å². The fraction of sp³-hybridized carbons (Fsp3) is 0.125. The van der Waals surface area contributed by atoms with Crippen molar-refractivity contribution in [1.29, 1.82) is 0 Å². The maximum atomic E-state index is 10.1. The molecule has 0 aliphatic heterocycles. The third-order valence-electron chi connectivity index (χ3n) is 1.89. The second-order valence-corrected chi connectivity index (χ2v) is 3.42. The van der Waals surface area contributed by atoms with Crippen LogP contribution in [0, 0.1) is 0 Å². The van der Waals surface area contributed by atoms with Crippen LogP contribution >= 0.6 is 0 Å². The molecule has 0 radical (unpaired) electrons. The normalized spacial score (nSPS) is 9.85. The summed E-state index contributed by atoms with van der Waals surface area (Å²) in [7, 11) is 0. The molecule has 1 aromatic carbocycles. The van der Waals surface area contributed by atoms with Crippen LogP contribution in [0.4, 0.5) is 0 Å². The third kappa shape index (κ3) is 10.5. The Morgan fingerprint density at radius 1 is 1.25 bits per heavy atom. The third-order valence-corrected chi connectivity index (χ3v) is 1.89. The lowest BCUT2D eigenvalue weighted by Gasteiger charge is -1.90. The molecule has 0 saturated carbocycles. The van der Waals surface area contributed by atoms with Crippen molar-refractivity contribution in [2.75, 3.05) is 6.61 Å². The summed E-state index contributed by atoms with van der Waals surface area (Å²) >= 11 is 0. The van der Waals surface area contributed by atoms with Gasteiger partial charge in [0.15, 0.2) is 0 Å². The van der Waals surface area contributed by atoms with E-state index in [4.69, 9.17) is 5.11 Å². The molecule has 106 valence electrons. The molecule has 0 bridgehead atoms. The van der Waals surface area contributed by atoms with E-state index in [0.717, 1.165) is 17.7 Å². The van der Waals surface area contributed by atoms with Crippen molar-refractivity contribution < 1.29 is 19.4 Å². The first-order valence-corrected chi connectivity index (χ1v) is 6.02. The molecule has 20 heavy (non-hydrogen) atoms. The largest absolute Gasteiger partial charge is 0.478 e. The number of carbonyl (C=O) groups is 2. The van der Waals surface area contributed by atoms with E-state index in [0.29, 0.717) is 6.61 Å². The molecule has 1 N–H and O–H groups in total. The Balaban J connectivity index is 0.000000441. The Labute approximate surface area is 118 Å². The van der Waals surface area contributed by atoms with Gasteiger partial charge in [0.1, 0.15) is 0 Å². The van der Waals surface area contributed by atoms with Crippen LogP contribution in [0.5, 0.6) is 0 Å². The molecular weight excluding hydrogens is 256 g/mol. The molecule has 1 aromatic rings. The van der Waals surface area contributed by atoms with Gasteiger partial charge in [-0.25, -0.2) is 9.59 Å². The van der Waals surface area contributed by atoms with Gasteiger partial charge in [-0.05, 0) is 12.5 Å². The molecule has 0 heterocycles. The first-order chi connectivity index (χ1) is 9.60. The van der Waals surface area contributed by atoms with Gasteiger partial charge in [0.25, 0.3) is 0 Å². The highest BCUT2D eigenvalue weighted by atomic mass is 16.5. The van der Waals surface area contributed by atoms with Crippen molar-refractivity contribution in [3.05, 3.63) is 66.8 Å². The highest BCUT2D eigenvalue weighted by Crippen LogP contribution is 2.00. The average Bonchev–Trinajstić information content (AvgIpc) is 2.45. The second-order valence-electron chi connectivity index (χ2n) is 3.42. The minimum Gasteiger partial charge on any atom is -0.478 e. The van der Waals surface area contributed by atoms with E-state index in [1.807, 2.05) is 36.4 Å². The van der Waals surface area contributed by atoms with Crippen molar-refractivity contribution in [2.24, 2.45) is 0 Å². The van der Waals surface area contributed by atoms with Crippen molar-refractivity contribution >= 4 is 18.0 Å². The van der Waals surface area contributed by atoms with Crippen molar-refractivity contribution in [3.8, 4) is 0 Å². The fourth-order valence-corrected chi connectivity index (χ4v) is 1.07. The molecule has 1 rings (SSSR count). The standard InChI is InChI=1S/C11H10O2.C5H8O2/c12-11(13)9-5-4-8-10-6-2-1-3-7-10;1-3-5(6)7-4-2/h1-9H,(H,12,13);3H,1,4H2,2H3. The van der Waals surface area contributed by atoms with Gasteiger partial charge in [-0.2, -0.15) is 0 Å². The number of esters is 1. The number of allylic oxidation sites excluding steroid dienone is 2. The summed E-state index contributed by atoms with van der Waals surface area (Å²) in [6, 6.07) is 9.70. The van der Waals surface area contributed by atoms with Crippen LogP contribution in [-0.4, -0.2) is 23.7 Å². The molecule has 0 saturated heterocycles. The number of hydrogen-bond donors (Lipinski definition) is 1. The predicted molar refractivity (Wildman–Crippen MR) is 79.1 cm³/mol. The smallest absolute Gasteiger partial charge is 0.330 e. The molecule has 0 unspecified atom stereocenters. The number of carboxylic acid groups (broad SMARTS) is 1. The van der Waals surface area contributed by atoms with Crippen molar-refractivity contribution in [1.82, 2.24) is 0 Å². The first kappa shape index (κ1) is 17.4. The summed E-state index contributed by atoms with van der Waals surface area (Å²) in [5.41, 5.74) is 1.05. The molecular formula is C16H18O4. The zero-order chi connectivity index (χ0) is 15.2. The summed E-state index contributed by atoms with van der Waals surface area (Å²) in [6.45, 7) is 5.38. The number of benzene rings is 1. The fourth-order valence-electron chi connectivity index (χ4n) is 1.07. The van der Waals surface area contributed by atoms with E-state index >= 15 is 0 Å². The summed E-state index contributed by atoms with van der Waals surface area (Å²) < 4.78 is 4.43. The maximum absolute atomic E-state index is 10.1. The Hall–Kier alpha value is -2.62. The number of rotatable bonds is 5. The van der Waals surface area contributed by atoms with Gasteiger partial charge in [-0.3, -0.25) is 0 Å². The molecule has 4 heteroatoms. The van der Waals surface area contributed by atoms with Crippen LogP contribution in [0.2, 0.25) is 0 Å². The summed E-state index contributed by atoms with van der Waals surface area (Å²) in [5, 5.41) is 8.29. The molecule has 4 nitrogen and oxygen atoms in total. The van der Waals surface area contributed by atoms with Crippen LogP contribution in [0.25, 0.3) is 6.08 Å². The predicted octanol–water partition coefficient (Wildman–Crippen LogP) is 3.08. The highest BCUT2D eigenvalue weighted by Gasteiger charge is 1.86. The summed E-state index contributed by atoms with van der Waals surface area (Å²) in [6.07, 6.45) is 7.28. The first-order valence-electron chi connectivity index (χ1n) is 6.02. The van der Waals surface area contributed by atoms with E-state index in [1.165, 1.54) is 6.08 Å². The Bertz CT molecular complexity index is 473. The van der Waals surface area contributed by atoms with Gasteiger partial charge in [-0.1, -0.05) is 55.1 Å². The SMILES string of the molecule is C=CC(=O)OCC.O=C(O)C=CC=Cc1ccccc1. The van der Waals surface area contributed by atoms with E-state index in [-0.39, 0.29) is 5.97 Å². The van der Waals surface area contributed by atoms with Gasteiger partial charge in [-0.15, -0.1) is 0 Å². The molecule has 0 amide bonds.